The fourth-order valence-electron chi connectivity index (χ4n) is 1.30. The van der Waals surface area contributed by atoms with Crippen molar-refractivity contribution in [1.29, 1.82) is 0 Å². The summed E-state index contributed by atoms with van der Waals surface area (Å²) in [5.41, 5.74) is 0. The molecule has 1 saturated heterocycles. The van der Waals surface area contributed by atoms with E-state index in [0.29, 0.717) is 13.1 Å². The van der Waals surface area contributed by atoms with Crippen LogP contribution < -0.4 is 10.0 Å². The third-order valence-corrected chi connectivity index (χ3v) is 3.64. The molecule has 1 aliphatic heterocycles. The molecule has 0 spiro atoms. The van der Waals surface area contributed by atoms with Crippen molar-refractivity contribution in [2.24, 2.45) is 0 Å². The number of nitrogens with one attached hydrogen (secondary N) is 2. The molecule has 6 nitrogen and oxygen atoms in total. The van der Waals surface area contributed by atoms with Gasteiger partial charge in [-0.05, 0) is 6.92 Å². The molecule has 0 atom stereocenters. The van der Waals surface area contributed by atoms with Crippen LogP contribution in [0.15, 0.2) is 0 Å². The maximum Gasteiger partial charge on any atom is 0.237 e. The molecule has 0 radical (unpaired) electrons. The number of amides is 1. The Labute approximate surface area is 90.1 Å². The molecule has 88 valence electrons. The Balaban J connectivity index is 2.35. The highest BCUT2D eigenvalue weighted by Crippen LogP contribution is 1.93. The summed E-state index contributed by atoms with van der Waals surface area (Å²) in [6, 6.07) is 0. The van der Waals surface area contributed by atoms with E-state index in [1.165, 1.54) is 6.92 Å². The molecule has 0 bridgehead atoms. The number of hydrogen-bond acceptors (Lipinski definition) is 4. The van der Waals surface area contributed by atoms with Gasteiger partial charge >= 0.3 is 0 Å². The van der Waals surface area contributed by atoms with Gasteiger partial charge in [-0.2, -0.15) is 0 Å². The van der Waals surface area contributed by atoms with E-state index in [2.05, 4.69) is 10.0 Å². The highest BCUT2D eigenvalue weighted by molar-refractivity contribution is 7.89. The van der Waals surface area contributed by atoms with Crippen molar-refractivity contribution >= 4 is 15.9 Å². The number of nitrogens with zero attached hydrogens (tertiary/aromatic N) is 1. The van der Waals surface area contributed by atoms with Crippen LogP contribution in [-0.2, 0) is 14.8 Å². The summed E-state index contributed by atoms with van der Waals surface area (Å²) in [5.74, 6) is -0.157. The lowest BCUT2D eigenvalue weighted by Crippen LogP contribution is -2.49. The van der Waals surface area contributed by atoms with Gasteiger partial charge in [-0.1, -0.05) is 0 Å². The Morgan fingerprint density at radius 3 is 2.53 bits per heavy atom. The minimum atomic E-state index is -3.27. The van der Waals surface area contributed by atoms with Gasteiger partial charge in [0.2, 0.25) is 15.9 Å². The first-order valence-electron chi connectivity index (χ1n) is 5.01. The van der Waals surface area contributed by atoms with E-state index >= 15 is 0 Å². The van der Waals surface area contributed by atoms with Gasteiger partial charge in [-0.3, -0.25) is 4.79 Å². The minimum Gasteiger partial charge on any atom is -0.339 e. The highest BCUT2D eigenvalue weighted by atomic mass is 32.2. The molecule has 0 aliphatic carbocycles. The molecular weight excluding hydrogens is 218 g/mol. The maximum absolute atomic E-state index is 11.5. The van der Waals surface area contributed by atoms with Gasteiger partial charge in [0.05, 0.1) is 12.3 Å². The average Bonchev–Trinajstić information content (AvgIpc) is 2.27. The maximum atomic E-state index is 11.5. The first-order valence-corrected chi connectivity index (χ1v) is 6.66. The van der Waals surface area contributed by atoms with Crippen LogP contribution in [0.25, 0.3) is 0 Å². The van der Waals surface area contributed by atoms with Crippen LogP contribution in [-0.4, -0.2) is 57.7 Å². The van der Waals surface area contributed by atoms with Crippen LogP contribution in [0.4, 0.5) is 0 Å². The van der Waals surface area contributed by atoms with E-state index in [-0.39, 0.29) is 18.2 Å². The summed E-state index contributed by atoms with van der Waals surface area (Å²) < 4.78 is 24.5. The monoisotopic (exact) mass is 235 g/mol. The smallest absolute Gasteiger partial charge is 0.237 e. The van der Waals surface area contributed by atoms with Crippen molar-refractivity contribution in [1.82, 2.24) is 14.9 Å². The zero-order valence-electron chi connectivity index (χ0n) is 8.82. The molecule has 7 heteroatoms. The Morgan fingerprint density at radius 1 is 1.40 bits per heavy atom. The summed E-state index contributed by atoms with van der Waals surface area (Å²) in [6.07, 6.45) is 0. The summed E-state index contributed by atoms with van der Waals surface area (Å²) >= 11 is 0. The SMILES string of the molecule is CCS(=O)(=O)NCC(=O)N1CCNCC1. The van der Waals surface area contributed by atoms with Crippen molar-refractivity contribution in [2.45, 2.75) is 6.92 Å². The Hall–Kier alpha value is -0.660. The number of carbonyl (C=O) groups is 1. The molecule has 2 N–H and O–H groups in total. The topological polar surface area (TPSA) is 78.5 Å². The van der Waals surface area contributed by atoms with Gasteiger partial charge in [0, 0.05) is 26.2 Å². The molecule has 0 saturated carbocycles. The molecule has 1 aliphatic rings. The molecule has 0 aromatic carbocycles. The first-order chi connectivity index (χ1) is 7.05. The number of hydrogen-bond donors (Lipinski definition) is 2. The van der Waals surface area contributed by atoms with Crippen molar-refractivity contribution < 1.29 is 13.2 Å². The Morgan fingerprint density at radius 2 is 2.00 bits per heavy atom. The Kier molecular flexibility index (Phi) is 4.49. The molecule has 1 rings (SSSR count). The summed E-state index contributed by atoms with van der Waals surface area (Å²) in [7, 11) is -3.27. The third-order valence-electron chi connectivity index (χ3n) is 2.29. The molecule has 0 aromatic rings. The second-order valence-corrected chi connectivity index (χ2v) is 5.45. The zero-order chi connectivity index (χ0) is 11.3. The van der Waals surface area contributed by atoms with Gasteiger partial charge in [-0.25, -0.2) is 13.1 Å². The third kappa shape index (κ3) is 4.15. The molecular formula is C8H17N3O3S. The van der Waals surface area contributed by atoms with Crippen LogP contribution in [0.1, 0.15) is 6.92 Å². The number of carbonyl (C=O) groups excluding carboxylic acids is 1. The van der Waals surface area contributed by atoms with E-state index < -0.39 is 10.0 Å². The second kappa shape index (κ2) is 5.43. The van der Waals surface area contributed by atoms with E-state index in [9.17, 15) is 13.2 Å². The first kappa shape index (κ1) is 12.4. The standard InChI is InChI=1S/C8H17N3O3S/c1-2-15(13,14)10-7-8(12)11-5-3-9-4-6-11/h9-10H,2-7H2,1H3. The number of sulfonamides is 1. The minimum absolute atomic E-state index is 0.00182. The van der Waals surface area contributed by atoms with Gasteiger partial charge in [0.25, 0.3) is 0 Å². The lowest BCUT2D eigenvalue weighted by atomic mass is 10.3. The molecule has 0 unspecified atom stereocenters. The average molecular weight is 235 g/mol. The predicted molar refractivity (Wildman–Crippen MR) is 56.9 cm³/mol. The van der Waals surface area contributed by atoms with Crippen LogP contribution in [0.5, 0.6) is 0 Å². The van der Waals surface area contributed by atoms with E-state index in [1.807, 2.05) is 0 Å². The van der Waals surface area contributed by atoms with Crippen molar-refractivity contribution in [3.63, 3.8) is 0 Å². The molecule has 1 fully saturated rings. The van der Waals surface area contributed by atoms with Gasteiger partial charge in [0.15, 0.2) is 0 Å². The van der Waals surface area contributed by atoms with Crippen molar-refractivity contribution in [3.05, 3.63) is 0 Å². The molecule has 1 amide bonds. The van der Waals surface area contributed by atoms with Gasteiger partial charge < -0.3 is 10.2 Å². The summed E-state index contributed by atoms with van der Waals surface area (Å²) in [6.45, 7) is 4.24. The molecule has 15 heavy (non-hydrogen) atoms. The normalized spacial score (nSPS) is 17.8. The molecule has 0 aromatic heterocycles. The quantitative estimate of drug-likeness (QED) is 0.612. The number of piperazine rings is 1. The Bertz CT molecular complexity index is 309. The predicted octanol–water partition coefficient (Wildman–Crippen LogP) is -1.64. The van der Waals surface area contributed by atoms with Crippen molar-refractivity contribution in [3.8, 4) is 0 Å². The lowest BCUT2D eigenvalue weighted by molar-refractivity contribution is -0.130. The van der Waals surface area contributed by atoms with Gasteiger partial charge in [0.1, 0.15) is 0 Å². The zero-order valence-corrected chi connectivity index (χ0v) is 9.64. The highest BCUT2D eigenvalue weighted by Gasteiger charge is 2.17. The fourth-order valence-corrected chi connectivity index (χ4v) is 1.85. The van der Waals surface area contributed by atoms with Crippen LogP contribution in [0.3, 0.4) is 0 Å². The summed E-state index contributed by atoms with van der Waals surface area (Å²) in [4.78, 5) is 13.2. The fraction of sp³-hybridized carbons (Fsp3) is 0.875. The second-order valence-electron chi connectivity index (χ2n) is 3.36. The number of rotatable bonds is 4. The summed E-state index contributed by atoms with van der Waals surface area (Å²) in [5, 5.41) is 3.12. The largest absolute Gasteiger partial charge is 0.339 e. The van der Waals surface area contributed by atoms with Crippen molar-refractivity contribution in [2.75, 3.05) is 38.5 Å². The van der Waals surface area contributed by atoms with E-state index in [1.54, 1.807) is 4.90 Å². The van der Waals surface area contributed by atoms with E-state index in [0.717, 1.165) is 13.1 Å². The van der Waals surface area contributed by atoms with Gasteiger partial charge in [-0.15, -0.1) is 0 Å². The van der Waals surface area contributed by atoms with Crippen LogP contribution >= 0.6 is 0 Å². The van der Waals surface area contributed by atoms with Crippen LogP contribution in [0.2, 0.25) is 0 Å². The van der Waals surface area contributed by atoms with Crippen LogP contribution in [0, 0.1) is 0 Å². The van der Waals surface area contributed by atoms with E-state index in [4.69, 9.17) is 0 Å². The molecule has 1 heterocycles. The lowest BCUT2D eigenvalue weighted by Gasteiger charge is -2.27.